The standard InChI is InChI=1S/C13H10Cl2FN3O/c1-17-12-11(15)2-7(6-18-12)13(20)19-10-4-8(14)3-9(16)5-10/h2-6H,1H3,(H,17,18)(H,19,20). The molecule has 1 aromatic carbocycles. The molecule has 2 rings (SSSR count). The lowest BCUT2D eigenvalue weighted by molar-refractivity contribution is 0.102. The van der Waals surface area contributed by atoms with E-state index >= 15 is 0 Å². The number of rotatable bonds is 3. The van der Waals surface area contributed by atoms with Crippen LogP contribution in [0.2, 0.25) is 10.0 Å². The molecule has 0 radical (unpaired) electrons. The van der Waals surface area contributed by atoms with Crippen LogP contribution in [0.1, 0.15) is 10.4 Å². The fourth-order valence-corrected chi connectivity index (χ4v) is 2.06. The van der Waals surface area contributed by atoms with Crippen molar-refractivity contribution in [3.05, 3.63) is 51.9 Å². The van der Waals surface area contributed by atoms with E-state index in [4.69, 9.17) is 23.2 Å². The number of carbonyl (C=O) groups excluding carboxylic acids is 1. The summed E-state index contributed by atoms with van der Waals surface area (Å²) in [6.07, 6.45) is 1.37. The molecule has 0 saturated heterocycles. The van der Waals surface area contributed by atoms with Gasteiger partial charge in [-0.15, -0.1) is 0 Å². The summed E-state index contributed by atoms with van der Waals surface area (Å²) in [4.78, 5) is 16.0. The predicted octanol–water partition coefficient (Wildman–Crippen LogP) is 3.82. The van der Waals surface area contributed by atoms with Gasteiger partial charge in [-0.1, -0.05) is 23.2 Å². The van der Waals surface area contributed by atoms with Crippen LogP contribution in [0.5, 0.6) is 0 Å². The fraction of sp³-hybridized carbons (Fsp3) is 0.0769. The summed E-state index contributed by atoms with van der Waals surface area (Å²) in [5.41, 5.74) is 0.517. The van der Waals surface area contributed by atoms with Crippen molar-refractivity contribution < 1.29 is 9.18 Å². The third-order valence-corrected chi connectivity index (χ3v) is 2.97. The van der Waals surface area contributed by atoms with E-state index in [-0.39, 0.29) is 16.3 Å². The van der Waals surface area contributed by atoms with Crippen LogP contribution in [0.3, 0.4) is 0 Å². The van der Waals surface area contributed by atoms with Gasteiger partial charge in [0.1, 0.15) is 11.6 Å². The molecule has 0 saturated carbocycles. The molecule has 1 heterocycles. The molecule has 0 spiro atoms. The van der Waals surface area contributed by atoms with E-state index in [0.717, 1.165) is 6.07 Å². The third-order valence-electron chi connectivity index (χ3n) is 2.46. The molecule has 0 atom stereocenters. The topological polar surface area (TPSA) is 54.0 Å². The van der Waals surface area contributed by atoms with Crippen molar-refractivity contribution in [3.8, 4) is 0 Å². The minimum Gasteiger partial charge on any atom is -0.372 e. The van der Waals surface area contributed by atoms with Gasteiger partial charge in [0.05, 0.1) is 10.6 Å². The van der Waals surface area contributed by atoms with Gasteiger partial charge in [-0.2, -0.15) is 0 Å². The first-order valence-corrected chi connectivity index (χ1v) is 6.36. The van der Waals surface area contributed by atoms with Crippen LogP contribution >= 0.6 is 23.2 Å². The molecule has 0 fully saturated rings. The van der Waals surface area contributed by atoms with E-state index in [0.29, 0.717) is 10.8 Å². The minimum atomic E-state index is -0.533. The van der Waals surface area contributed by atoms with Crippen LogP contribution < -0.4 is 10.6 Å². The Morgan fingerprint density at radius 3 is 2.60 bits per heavy atom. The maximum atomic E-state index is 13.2. The van der Waals surface area contributed by atoms with Crippen LogP contribution in [0.25, 0.3) is 0 Å². The highest BCUT2D eigenvalue weighted by Crippen LogP contribution is 2.21. The maximum Gasteiger partial charge on any atom is 0.257 e. The SMILES string of the molecule is CNc1ncc(C(=O)Nc2cc(F)cc(Cl)c2)cc1Cl. The Kier molecular flexibility index (Phi) is 4.42. The zero-order chi connectivity index (χ0) is 14.7. The molecule has 0 aliphatic rings. The van der Waals surface area contributed by atoms with E-state index in [1.165, 1.54) is 24.4 Å². The minimum absolute atomic E-state index is 0.196. The van der Waals surface area contributed by atoms with Crippen molar-refractivity contribution in [1.82, 2.24) is 4.98 Å². The number of aromatic nitrogens is 1. The van der Waals surface area contributed by atoms with Crippen LogP contribution in [-0.4, -0.2) is 17.9 Å². The summed E-state index contributed by atoms with van der Waals surface area (Å²) in [5, 5.41) is 5.82. The normalized spacial score (nSPS) is 10.2. The van der Waals surface area contributed by atoms with E-state index in [2.05, 4.69) is 15.6 Å². The summed E-state index contributed by atoms with van der Waals surface area (Å²) in [5.74, 6) is -0.518. The number of nitrogens with one attached hydrogen (secondary N) is 2. The van der Waals surface area contributed by atoms with Crippen molar-refractivity contribution in [2.45, 2.75) is 0 Å². The Morgan fingerprint density at radius 2 is 2.00 bits per heavy atom. The zero-order valence-electron chi connectivity index (χ0n) is 10.4. The first-order chi connectivity index (χ1) is 9.49. The highest BCUT2D eigenvalue weighted by atomic mass is 35.5. The van der Waals surface area contributed by atoms with Gasteiger partial charge in [0.15, 0.2) is 0 Å². The summed E-state index contributed by atoms with van der Waals surface area (Å²) >= 11 is 11.7. The van der Waals surface area contributed by atoms with Crippen LogP contribution in [0.15, 0.2) is 30.5 Å². The number of amides is 1. The second-order valence-electron chi connectivity index (χ2n) is 3.92. The number of nitrogens with zero attached hydrogens (tertiary/aromatic N) is 1. The van der Waals surface area contributed by atoms with Crippen molar-refractivity contribution in [1.29, 1.82) is 0 Å². The van der Waals surface area contributed by atoms with E-state index in [1.807, 2.05) is 0 Å². The molecule has 0 aliphatic carbocycles. The van der Waals surface area contributed by atoms with Gasteiger partial charge in [0, 0.05) is 24.0 Å². The molecule has 2 aromatic rings. The molecule has 0 aliphatic heterocycles. The Balaban J connectivity index is 2.21. The lowest BCUT2D eigenvalue weighted by Gasteiger charge is -2.07. The largest absolute Gasteiger partial charge is 0.372 e. The number of halogens is 3. The number of pyridine rings is 1. The number of hydrogen-bond donors (Lipinski definition) is 2. The fourth-order valence-electron chi connectivity index (χ4n) is 1.58. The lowest BCUT2D eigenvalue weighted by atomic mass is 10.2. The van der Waals surface area contributed by atoms with Crippen molar-refractivity contribution in [3.63, 3.8) is 0 Å². The van der Waals surface area contributed by atoms with Crippen LogP contribution in [0, 0.1) is 5.82 Å². The maximum absolute atomic E-state index is 13.2. The highest BCUT2D eigenvalue weighted by Gasteiger charge is 2.10. The molecule has 1 aromatic heterocycles. The number of benzene rings is 1. The number of hydrogen-bond acceptors (Lipinski definition) is 3. The first-order valence-electron chi connectivity index (χ1n) is 5.60. The average molecular weight is 314 g/mol. The third kappa shape index (κ3) is 3.37. The second-order valence-corrected chi connectivity index (χ2v) is 4.76. The quantitative estimate of drug-likeness (QED) is 0.905. The number of anilines is 2. The van der Waals surface area contributed by atoms with Crippen LogP contribution in [0.4, 0.5) is 15.9 Å². The molecule has 4 nitrogen and oxygen atoms in total. The molecule has 0 unspecified atom stereocenters. The summed E-state index contributed by atoms with van der Waals surface area (Å²) in [7, 11) is 1.67. The van der Waals surface area contributed by atoms with Gasteiger partial charge in [-0.3, -0.25) is 4.79 Å². The molecule has 0 bridgehead atoms. The van der Waals surface area contributed by atoms with Crippen molar-refractivity contribution >= 4 is 40.6 Å². The Labute approximate surface area is 124 Å². The smallest absolute Gasteiger partial charge is 0.257 e. The van der Waals surface area contributed by atoms with Crippen LogP contribution in [-0.2, 0) is 0 Å². The van der Waals surface area contributed by atoms with Crippen molar-refractivity contribution in [2.24, 2.45) is 0 Å². The molecule has 7 heteroatoms. The predicted molar refractivity (Wildman–Crippen MR) is 78.2 cm³/mol. The highest BCUT2D eigenvalue weighted by molar-refractivity contribution is 6.33. The van der Waals surface area contributed by atoms with Crippen molar-refractivity contribution in [2.75, 3.05) is 17.7 Å². The van der Waals surface area contributed by atoms with Gasteiger partial charge in [0.2, 0.25) is 0 Å². The van der Waals surface area contributed by atoms with E-state index < -0.39 is 11.7 Å². The van der Waals surface area contributed by atoms with Gasteiger partial charge in [-0.25, -0.2) is 9.37 Å². The number of carbonyl (C=O) groups is 1. The molecule has 104 valence electrons. The Bertz CT molecular complexity index is 644. The summed E-state index contributed by atoms with van der Waals surface area (Å²) < 4.78 is 13.2. The summed E-state index contributed by atoms with van der Waals surface area (Å²) in [6.45, 7) is 0. The van der Waals surface area contributed by atoms with Gasteiger partial charge in [0.25, 0.3) is 5.91 Å². The molecule has 1 amide bonds. The molecular weight excluding hydrogens is 304 g/mol. The van der Waals surface area contributed by atoms with Gasteiger partial charge >= 0.3 is 0 Å². The summed E-state index contributed by atoms with van der Waals surface area (Å²) in [6, 6.07) is 5.23. The van der Waals surface area contributed by atoms with E-state index in [9.17, 15) is 9.18 Å². The molecule has 2 N–H and O–H groups in total. The monoisotopic (exact) mass is 313 g/mol. The van der Waals surface area contributed by atoms with Gasteiger partial charge in [-0.05, 0) is 24.3 Å². The zero-order valence-corrected chi connectivity index (χ0v) is 11.9. The van der Waals surface area contributed by atoms with E-state index in [1.54, 1.807) is 7.05 Å². The lowest BCUT2D eigenvalue weighted by Crippen LogP contribution is -2.12. The average Bonchev–Trinajstić information content (AvgIpc) is 2.37. The second kappa shape index (κ2) is 6.07. The Hall–Kier alpha value is -1.85. The molecular formula is C13H10Cl2FN3O. The van der Waals surface area contributed by atoms with Gasteiger partial charge < -0.3 is 10.6 Å². The molecule has 20 heavy (non-hydrogen) atoms. The Morgan fingerprint density at radius 1 is 1.25 bits per heavy atom. The first kappa shape index (κ1) is 14.6.